The lowest BCUT2D eigenvalue weighted by atomic mass is 10.0. The quantitative estimate of drug-likeness (QED) is 0.203. The number of hydrogen-bond donors (Lipinski definition) is 6. The molecule has 6 N–H and O–H groups in total. The first-order chi connectivity index (χ1) is 17.9. The predicted octanol–water partition coefficient (Wildman–Crippen LogP) is 1.74. The van der Waals surface area contributed by atoms with Crippen LogP contribution in [0.15, 0.2) is 17.0 Å². The van der Waals surface area contributed by atoms with Crippen LogP contribution in [0.1, 0.15) is 53.8 Å². The zero-order valence-corrected chi connectivity index (χ0v) is 23.3. The van der Waals surface area contributed by atoms with Gasteiger partial charge in [-0.3, -0.25) is 14.4 Å². The number of aryl methyl sites for hydroxylation is 5. The Morgan fingerprint density at radius 3 is 2.45 bits per heavy atom. The van der Waals surface area contributed by atoms with Crippen molar-refractivity contribution in [3.63, 3.8) is 0 Å². The molecule has 0 radical (unpaired) electrons. The Morgan fingerprint density at radius 2 is 1.84 bits per heavy atom. The molecule has 1 aromatic heterocycles. The second-order valence-corrected chi connectivity index (χ2v) is 11.5. The zero-order valence-electron chi connectivity index (χ0n) is 22.5. The number of carboxylic acids is 1. The number of imidazole rings is 1. The summed E-state index contributed by atoms with van der Waals surface area (Å²) in [5.41, 5.74) is 6.80. The molecule has 1 saturated heterocycles. The average Bonchev–Trinajstić information content (AvgIpc) is 3.41. The highest BCUT2D eigenvalue weighted by atomic mass is 32.2. The second-order valence-electron chi connectivity index (χ2n) is 9.86. The van der Waals surface area contributed by atoms with Crippen molar-refractivity contribution >= 4 is 27.8 Å². The highest BCUT2D eigenvalue weighted by molar-refractivity contribution is 7.89. The molecule has 3 unspecified atom stereocenters. The molecular formula is C25H38N6O6S. The number of benzene rings is 1. The molecule has 0 spiro atoms. The number of carbonyl (C=O) groups is 2. The number of aromatic nitrogens is 2. The van der Waals surface area contributed by atoms with Crippen LogP contribution in [0.5, 0.6) is 0 Å². The SMILES string of the molecule is Cc1cc(C)c(S(=O)(=O)NC(CNC(=O)C2CC(CCCCNc3nc(C)c(C)[nH]3)NO2)C(=O)O)c(C)c1. The van der Waals surface area contributed by atoms with E-state index in [1.807, 2.05) is 20.8 Å². The van der Waals surface area contributed by atoms with E-state index in [1.165, 1.54) is 0 Å². The highest BCUT2D eigenvalue weighted by Crippen LogP contribution is 2.22. The Kier molecular flexibility index (Phi) is 9.88. The number of hydroxylamine groups is 1. The maximum atomic E-state index is 13.0. The largest absolute Gasteiger partial charge is 0.480 e. The maximum Gasteiger partial charge on any atom is 0.323 e. The van der Waals surface area contributed by atoms with Gasteiger partial charge in [-0.05, 0) is 58.6 Å². The number of nitrogens with one attached hydrogen (secondary N) is 5. The van der Waals surface area contributed by atoms with Crippen molar-refractivity contribution in [3.8, 4) is 0 Å². The molecule has 1 aromatic carbocycles. The van der Waals surface area contributed by atoms with Crippen molar-refractivity contribution in [3.05, 3.63) is 40.2 Å². The molecule has 2 heterocycles. The summed E-state index contributed by atoms with van der Waals surface area (Å²) in [7, 11) is -4.13. The Morgan fingerprint density at radius 1 is 1.16 bits per heavy atom. The number of sulfonamides is 1. The number of aromatic amines is 1. The number of amides is 1. The van der Waals surface area contributed by atoms with Crippen molar-refractivity contribution in [2.24, 2.45) is 0 Å². The van der Waals surface area contributed by atoms with Crippen molar-refractivity contribution < 1.29 is 28.0 Å². The topological polar surface area (TPSA) is 175 Å². The van der Waals surface area contributed by atoms with Gasteiger partial charge in [0.1, 0.15) is 6.04 Å². The van der Waals surface area contributed by atoms with Crippen LogP contribution in [0.25, 0.3) is 0 Å². The Bertz CT molecular complexity index is 1220. The van der Waals surface area contributed by atoms with Crippen LogP contribution in [0, 0.1) is 34.6 Å². The number of hydrogen-bond acceptors (Lipinski definition) is 8. The molecule has 3 rings (SSSR count). The number of carboxylic acid groups (broad SMARTS) is 1. The van der Waals surface area contributed by atoms with Crippen molar-refractivity contribution in [2.75, 3.05) is 18.4 Å². The van der Waals surface area contributed by atoms with E-state index in [0.29, 0.717) is 17.5 Å². The molecule has 1 fully saturated rings. The molecular weight excluding hydrogens is 512 g/mol. The van der Waals surface area contributed by atoms with Gasteiger partial charge in [-0.2, -0.15) is 10.2 Å². The molecule has 3 atom stereocenters. The summed E-state index contributed by atoms with van der Waals surface area (Å²) in [5, 5.41) is 15.3. The van der Waals surface area contributed by atoms with Gasteiger partial charge in [0, 0.05) is 31.2 Å². The molecule has 0 aliphatic carbocycles. The van der Waals surface area contributed by atoms with Crippen LogP contribution in [0.4, 0.5) is 5.95 Å². The summed E-state index contributed by atoms with van der Waals surface area (Å²) in [5.74, 6) is -1.14. The highest BCUT2D eigenvalue weighted by Gasteiger charge is 2.33. The molecule has 13 heteroatoms. The van der Waals surface area contributed by atoms with Gasteiger partial charge >= 0.3 is 5.97 Å². The summed E-state index contributed by atoms with van der Waals surface area (Å²) in [6.45, 7) is 9.43. The second kappa shape index (κ2) is 12.7. The van der Waals surface area contributed by atoms with Crippen LogP contribution < -0.4 is 20.8 Å². The van der Waals surface area contributed by atoms with Gasteiger partial charge in [-0.15, -0.1) is 0 Å². The van der Waals surface area contributed by atoms with Crippen molar-refractivity contribution in [1.29, 1.82) is 0 Å². The van der Waals surface area contributed by atoms with Gasteiger partial charge < -0.3 is 20.7 Å². The molecule has 0 saturated carbocycles. The van der Waals surface area contributed by atoms with E-state index in [-0.39, 0.29) is 10.9 Å². The maximum absolute atomic E-state index is 13.0. The molecule has 0 bridgehead atoms. The normalized spacial score (nSPS) is 18.3. The van der Waals surface area contributed by atoms with Gasteiger partial charge in [0.15, 0.2) is 6.10 Å². The van der Waals surface area contributed by atoms with E-state index in [9.17, 15) is 23.1 Å². The molecule has 1 aliphatic heterocycles. The number of H-pyrrole nitrogens is 1. The minimum absolute atomic E-state index is 0.0138. The summed E-state index contributed by atoms with van der Waals surface area (Å²) < 4.78 is 28.1. The molecule has 12 nitrogen and oxygen atoms in total. The van der Waals surface area contributed by atoms with Crippen molar-refractivity contribution in [2.45, 2.75) is 83.4 Å². The average molecular weight is 551 g/mol. The first-order valence-corrected chi connectivity index (χ1v) is 14.1. The molecule has 2 aromatic rings. The van der Waals surface area contributed by atoms with Crippen LogP contribution in [0.3, 0.4) is 0 Å². The van der Waals surface area contributed by atoms with Crippen LogP contribution >= 0.6 is 0 Å². The number of carbonyl (C=O) groups excluding carboxylic acids is 1. The Hall–Kier alpha value is -3.00. The Labute approximate surface area is 223 Å². The lowest BCUT2D eigenvalue weighted by molar-refractivity contribution is -0.139. The lowest BCUT2D eigenvalue weighted by Crippen LogP contribution is -2.50. The van der Waals surface area contributed by atoms with E-state index in [4.69, 9.17) is 4.84 Å². The van der Waals surface area contributed by atoms with E-state index < -0.39 is 40.6 Å². The van der Waals surface area contributed by atoms with Gasteiger partial charge in [-0.1, -0.05) is 24.1 Å². The number of aliphatic carboxylic acids is 1. The fourth-order valence-electron chi connectivity index (χ4n) is 4.56. The van der Waals surface area contributed by atoms with Gasteiger partial charge in [0.25, 0.3) is 5.91 Å². The summed E-state index contributed by atoms with van der Waals surface area (Å²) in [6, 6.07) is 1.89. The van der Waals surface area contributed by atoms with Crippen LogP contribution in [-0.4, -0.2) is 66.6 Å². The fraction of sp³-hybridized carbons (Fsp3) is 0.560. The summed E-state index contributed by atoms with van der Waals surface area (Å²) in [4.78, 5) is 37.4. The van der Waals surface area contributed by atoms with Crippen molar-refractivity contribution in [1.82, 2.24) is 25.5 Å². The number of nitrogens with zero attached hydrogens (tertiary/aromatic N) is 1. The number of anilines is 1. The van der Waals surface area contributed by atoms with Gasteiger partial charge in [-0.25, -0.2) is 13.4 Å². The van der Waals surface area contributed by atoms with E-state index in [0.717, 1.165) is 48.7 Å². The number of rotatable bonds is 13. The monoisotopic (exact) mass is 550 g/mol. The Balaban J connectivity index is 1.43. The van der Waals surface area contributed by atoms with E-state index in [2.05, 4.69) is 30.8 Å². The van der Waals surface area contributed by atoms with E-state index >= 15 is 0 Å². The molecule has 1 aliphatic rings. The first-order valence-electron chi connectivity index (χ1n) is 12.7. The third-order valence-corrected chi connectivity index (χ3v) is 8.29. The van der Waals surface area contributed by atoms with Gasteiger partial charge in [0.2, 0.25) is 16.0 Å². The zero-order chi connectivity index (χ0) is 28.0. The van der Waals surface area contributed by atoms with E-state index in [1.54, 1.807) is 26.0 Å². The molecule has 210 valence electrons. The minimum atomic E-state index is -4.13. The van der Waals surface area contributed by atoms with Gasteiger partial charge in [0.05, 0.1) is 10.6 Å². The van der Waals surface area contributed by atoms with Crippen LogP contribution in [0.2, 0.25) is 0 Å². The predicted molar refractivity (Wildman–Crippen MR) is 142 cm³/mol. The molecule has 38 heavy (non-hydrogen) atoms. The first kappa shape index (κ1) is 29.6. The summed E-state index contributed by atoms with van der Waals surface area (Å²) >= 11 is 0. The fourth-order valence-corrected chi connectivity index (χ4v) is 6.20. The third-order valence-electron chi connectivity index (χ3n) is 6.52. The number of unbranched alkanes of at least 4 members (excludes halogenated alkanes) is 1. The smallest absolute Gasteiger partial charge is 0.323 e. The standard InChI is InChI=1S/C25H38N6O6S/c1-14-10-15(2)22(16(3)11-14)38(35,36)31-20(24(33)34)13-27-23(32)21-12-19(30-37-21)8-6-7-9-26-25-28-17(4)18(5)29-25/h10-11,19-21,30-31H,6-9,12-13H2,1-5H3,(H,27,32)(H,33,34)(H2,26,28,29). The molecule has 1 amide bonds. The lowest BCUT2D eigenvalue weighted by Gasteiger charge is -2.19. The minimum Gasteiger partial charge on any atom is -0.480 e. The summed E-state index contributed by atoms with van der Waals surface area (Å²) in [6.07, 6.45) is 2.26. The van der Waals surface area contributed by atoms with Crippen LogP contribution in [-0.2, 0) is 24.4 Å². The third kappa shape index (κ3) is 7.76.